The van der Waals surface area contributed by atoms with Crippen molar-refractivity contribution >= 4 is 26.5 Å². The molecule has 0 N–H and O–H groups in total. The first kappa shape index (κ1) is 16.6. The Bertz CT molecular complexity index is 1140. The van der Waals surface area contributed by atoms with E-state index in [1.165, 1.54) is 32.2 Å². The molecular weight excluding hydrogens is 385 g/mol. The number of hydrogen-bond donors (Lipinski definition) is 0. The quantitative estimate of drug-likeness (QED) is 0.400. The van der Waals surface area contributed by atoms with E-state index < -0.39 is 13.3 Å². The van der Waals surface area contributed by atoms with Gasteiger partial charge in [0.15, 0.2) is 0 Å². The molecule has 130 valence electrons. The van der Waals surface area contributed by atoms with E-state index in [1.54, 1.807) is 8.79 Å². The second kappa shape index (κ2) is 6.25. The normalized spacial score (nSPS) is 17.4. The van der Waals surface area contributed by atoms with Crippen LogP contribution in [0.4, 0.5) is 0 Å². The molecule has 0 radical (unpaired) electrons. The molecule has 0 fully saturated rings. The molecule has 1 heteroatoms. The zero-order chi connectivity index (χ0) is 18.4. The summed E-state index contributed by atoms with van der Waals surface area (Å²) in [6.07, 6.45) is 0. The molecule has 0 bridgehead atoms. The van der Waals surface area contributed by atoms with Crippen molar-refractivity contribution in [1.29, 1.82) is 0 Å². The number of fused-ring (bicyclic) bond motifs is 5. The van der Waals surface area contributed by atoms with Crippen LogP contribution in [-0.2, 0) is 0 Å². The van der Waals surface area contributed by atoms with Crippen LogP contribution in [0.2, 0.25) is 5.76 Å². The molecule has 4 aromatic carbocycles. The van der Waals surface area contributed by atoms with Crippen LogP contribution >= 0.6 is 0 Å². The van der Waals surface area contributed by atoms with Crippen molar-refractivity contribution in [2.24, 2.45) is 0 Å². The Morgan fingerprint density at radius 1 is 0.519 bits per heavy atom. The average molecular weight is 407 g/mol. The van der Waals surface area contributed by atoms with Crippen LogP contribution in [0, 0.1) is 6.92 Å². The molecule has 0 aliphatic carbocycles. The Hall–Kier alpha value is -2.58. The maximum atomic E-state index is 2.57. The zero-order valence-electron chi connectivity index (χ0n) is 15.7. The van der Waals surface area contributed by atoms with E-state index in [9.17, 15) is 0 Å². The van der Waals surface area contributed by atoms with Crippen LogP contribution in [0.5, 0.6) is 0 Å². The van der Waals surface area contributed by atoms with E-state index in [2.05, 4.69) is 110 Å². The van der Waals surface area contributed by atoms with Gasteiger partial charge in [-0.1, -0.05) is 0 Å². The van der Waals surface area contributed by atoms with Gasteiger partial charge < -0.3 is 0 Å². The molecule has 1 atom stereocenters. The molecule has 1 unspecified atom stereocenters. The topological polar surface area (TPSA) is 0 Å². The summed E-state index contributed by atoms with van der Waals surface area (Å²) in [7, 11) is 0. The summed E-state index contributed by atoms with van der Waals surface area (Å²) >= 11 is -2.81. The summed E-state index contributed by atoms with van der Waals surface area (Å²) in [5.41, 5.74) is 6.90. The van der Waals surface area contributed by atoms with E-state index in [-0.39, 0.29) is 0 Å². The van der Waals surface area contributed by atoms with Gasteiger partial charge in [-0.05, 0) is 0 Å². The zero-order valence-corrected chi connectivity index (χ0v) is 17.8. The summed E-state index contributed by atoms with van der Waals surface area (Å²) < 4.78 is 4.64. The van der Waals surface area contributed by atoms with Gasteiger partial charge in [-0.3, -0.25) is 0 Å². The number of benzene rings is 4. The molecule has 0 saturated carbocycles. The monoisotopic (exact) mass is 408 g/mol. The molecule has 0 amide bonds. The van der Waals surface area contributed by atoms with E-state index in [0.717, 1.165) is 0 Å². The Morgan fingerprint density at radius 2 is 1.07 bits per heavy atom. The molecular formula is C26H22Ge. The van der Waals surface area contributed by atoms with Gasteiger partial charge >= 0.3 is 164 Å². The predicted molar refractivity (Wildman–Crippen MR) is 119 cm³/mol. The molecule has 0 saturated heterocycles. The van der Waals surface area contributed by atoms with E-state index in [4.69, 9.17) is 0 Å². The first-order chi connectivity index (χ1) is 13.2. The van der Waals surface area contributed by atoms with Crippen LogP contribution in [0.3, 0.4) is 0 Å². The molecule has 1 heterocycles. The molecule has 4 aromatic rings. The van der Waals surface area contributed by atoms with Crippen molar-refractivity contribution in [3.05, 3.63) is 103 Å². The molecule has 1 aliphatic rings. The van der Waals surface area contributed by atoms with Crippen LogP contribution < -0.4 is 13.2 Å². The summed E-state index contributed by atoms with van der Waals surface area (Å²) in [6, 6.07) is 36.3. The van der Waals surface area contributed by atoms with Crippen LogP contribution in [0.25, 0.3) is 22.3 Å². The summed E-state index contributed by atoms with van der Waals surface area (Å²) in [5.74, 6) is 2.57. The molecule has 0 aromatic heterocycles. The first-order valence-electron chi connectivity index (χ1n) is 9.55. The van der Waals surface area contributed by atoms with Crippen molar-refractivity contribution in [1.82, 2.24) is 0 Å². The molecule has 1 aliphatic heterocycles. The van der Waals surface area contributed by atoms with Crippen LogP contribution in [0.15, 0.2) is 97.1 Å². The third-order valence-electron chi connectivity index (χ3n) is 6.04. The fourth-order valence-electron chi connectivity index (χ4n) is 4.64. The Kier molecular flexibility index (Phi) is 3.84. The van der Waals surface area contributed by atoms with Crippen molar-refractivity contribution in [3.8, 4) is 22.3 Å². The molecule has 5 rings (SSSR count). The minimum atomic E-state index is -2.81. The van der Waals surface area contributed by atoms with Crippen molar-refractivity contribution < 1.29 is 0 Å². The number of hydrogen-bond acceptors (Lipinski definition) is 0. The van der Waals surface area contributed by atoms with Gasteiger partial charge in [0.25, 0.3) is 0 Å². The standard InChI is InChI=1S/C26H22Ge/c1-19-16-17-24-22-13-7-6-12-21(22)23-14-8-9-15-25(23)27(2,26(24)18-19)20-10-4-3-5-11-20/h3-18H,1-2H3. The average Bonchev–Trinajstić information content (AvgIpc) is 2.82. The van der Waals surface area contributed by atoms with Gasteiger partial charge in [-0.25, -0.2) is 0 Å². The van der Waals surface area contributed by atoms with Gasteiger partial charge in [-0.2, -0.15) is 0 Å². The minimum absolute atomic E-state index is 1.35. The third kappa shape index (κ3) is 2.44. The fraction of sp³-hybridized carbons (Fsp3) is 0.0769. The van der Waals surface area contributed by atoms with Crippen molar-refractivity contribution in [2.75, 3.05) is 0 Å². The number of rotatable bonds is 1. The summed E-state index contributed by atoms with van der Waals surface area (Å²) in [4.78, 5) is 0. The molecule has 0 spiro atoms. The SMILES string of the molecule is Cc1ccc2[c](c1)[Ge]([CH3])([c]1ccccc1)[c]1ccccc1-c1ccccc1-2. The van der Waals surface area contributed by atoms with Crippen LogP contribution in [0.1, 0.15) is 5.56 Å². The van der Waals surface area contributed by atoms with Gasteiger partial charge in [0, 0.05) is 0 Å². The third-order valence-corrected chi connectivity index (χ3v) is 15.5. The van der Waals surface area contributed by atoms with E-state index in [0.29, 0.717) is 0 Å². The van der Waals surface area contributed by atoms with Crippen molar-refractivity contribution in [3.63, 3.8) is 0 Å². The Balaban J connectivity index is 2.00. The maximum absolute atomic E-state index is 2.81. The van der Waals surface area contributed by atoms with Crippen LogP contribution in [-0.4, -0.2) is 13.3 Å². The van der Waals surface area contributed by atoms with Gasteiger partial charge in [0.2, 0.25) is 0 Å². The second-order valence-electron chi connectivity index (χ2n) is 7.63. The molecule has 0 nitrogen and oxygen atoms in total. The van der Waals surface area contributed by atoms with E-state index >= 15 is 0 Å². The van der Waals surface area contributed by atoms with Gasteiger partial charge in [0.1, 0.15) is 0 Å². The molecule has 27 heavy (non-hydrogen) atoms. The predicted octanol–water partition coefficient (Wildman–Crippen LogP) is 4.74. The van der Waals surface area contributed by atoms with Gasteiger partial charge in [-0.15, -0.1) is 0 Å². The Morgan fingerprint density at radius 3 is 1.78 bits per heavy atom. The van der Waals surface area contributed by atoms with Gasteiger partial charge in [0.05, 0.1) is 0 Å². The second-order valence-corrected chi connectivity index (χ2v) is 15.8. The Labute approximate surface area is 163 Å². The summed E-state index contributed by atoms with van der Waals surface area (Å²) in [6.45, 7) is 2.22. The first-order valence-corrected chi connectivity index (χ1v) is 14.8. The van der Waals surface area contributed by atoms with E-state index in [1.807, 2.05) is 0 Å². The number of aryl methyl sites for hydroxylation is 1. The fourth-order valence-corrected chi connectivity index (χ4v) is 13.5. The summed E-state index contributed by atoms with van der Waals surface area (Å²) in [5, 5.41) is 0. The van der Waals surface area contributed by atoms with Crippen molar-refractivity contribution in [2.45, 2.75) is 12.7 Å².